The van der Waals surface area contributed by atoms with Crippen molar-refractivity contribution >= 4 is 5.91 Å². The molecule has 0 radical (unpaired) electrons. The predicted octanol–water partition coefficient (Wildman–Crippen LogP) is 2.85. The molecule has 0 spiro atoms. The lowest BCUT2D eigenvalue weighted by molar-refractivity contribution is -0.124. The number of hydrogen-bond donors (Lipinski definition) is 2. The average molecular weight is 278 g/mol. The normalized spacial score (nSPS) is 36.4. The van der Waals surface area contributed by atoms with E-state index in [1.165, 1.54) is 57.8 Å². The van der Waals surface area contributed by atoms with Gasteiger partial charge in [-0.3, -0.25) is 4.79 Å². The Hall–Kier alpha value is -0.570. The van der Waals surface area contributed by atoms with E-state index in [9.17, 15) is 4.79 Å². The van der Waals surface area contributed by atoms with Crippen LogP contribution < -0.4 is 10.6 Å². The number of nitrogens with one attached hydrogen (secondary N) is 2. The zero-order valence-corrected chi connectivity index (χ0v) is 12.9. The molecule has 1 amide bonds. The summed E-state index contributed by atoms with van der Waals surface area (Å²) in [7, 11) is 0. The van der Waals surface area contributed by atoms with Gasteiger partial charge < -0.3 is 10.6 Å². The summed E-state index contributed by atoms with van der Waals surface area (Å²) in [6, 6.07) is 0.443. The molecule has 0 aromatic carbocycles. The topological polar surface area (TPSA) is 41.1 Å². The second-order valence-electron chi connectivity index (χ2n) is 7.29. The summed E-state index contributed by atoms with van der Waals surface area (Å²) in [6.45, 7) is 3.27. The fourth-order valence-corrected chi connectivity index (χ4v) is 4.72. The van der Waals surface area contributed by atoms with Crippen LogP contribution in [-0.2, 0) is 4.79 Å². The van der Waals surface area contributed by atoms with Crippen LogP contribution in [0.2, 0.25) is 0 Å². The Morgan fingerprint density at radius 3 is 2.55 bits per heavy atom. The molecule has 3 nitrogen and oxygen atoms in total. The first-order chi connectivity index (χ1) is 9.75. The fraction of sp³-hybridized carbons (Fsp3) is 0.941. The highest BCUT2D eigenvalue weighted by Crippen LogP contribution is 2.37. The van der Waals surface area contributed by atoms with Crippen LogP contribution in [0.1, 0.15) is 64.7 Å². The van der Waals surface area contributed by atoms with Crippen molar-refractivity contribution in [3.8, 4) is 0 Å². The van der Waals surface area contributed by atoms with Gasteiger partial charge in [0.1, 0.15) is 0 Å². The van der Waals surface area contributed by atoms with Crippen molar-refractivity contribution in [3.05, 3.63) is 0 Å². The van der Waals surface area contributed by atoms with Crippen LogP contribution in [0.4, 0.5) is 0 Å². The number of hydrogen-bond acceptors (Lipinski definition) is 2. The van der Waals surface area contributed by atoms with Crippen LogP contribution in [-0.4, -0.2) is 24.5 Å². The van der Waals surface area contributed by atoms with Gasteiger partial charge in [-0.2, -0.15) is 0 Å². The lowest BCUT2D eigenvalue weighted by atomic mass is 9.91. The molecule has 0 bridgehead atoms. The van der Waals surface area contributed by atoms with Gasteiger partial charge in [0, 0.05) is 6.04 Å². The Bertz CT molecular complexity index is 336. The Balaban J connectivity index is 1.52. The summed E-state index contributed by atoms with van der Waals surface area (Å²) in [5, 5.41) is 6.80. The van der Waals surface area contributed by atoms with Crippen LogP contribution in [0.25, 0.3) is 0 Å². The Morgan fingerprint density at radius 2 is 1.80 bits per heavy atom. The average Bonchev–Trinajstić information content (AvgIpc) is 2.92. The summed E-state index contributed by atoms with van der Waals surface area (Å²) in [5.41, 5.74) is 0. The highest BCUT2D eigenvalue weighted by molar-refractivity contribution is 5.82. The molecule has 3 heteroatoms. The molecule has 1 saturated heterocycles. The Morgan fingerprint density at radius 1 is 1.05 bits per heavy atom. The number of carbonyl (C=O) groups excluding carboxylic acids is 1. The van der Waals surface area contributed by atoms with Crippen LogP contribution in [0.3, 0.4) is 0 Å². The van der Waals surface area contributed by atoms with Gasteiger partial charge in [-0.25, -0.2) is 0 Å². The van der Waals surface area contributed by atoms with E-state index in [1.54, 1.807) is 0 Å². The van der Waals surface area contributed by atoms with Crippen LogP contribution in [0.5, 0.6) is 0 Å². The van der Waals surface area contributed by atoms with Crippen molar-refractivity contribution in [3.63, 3.8) is 0 Å². The van der Waals surface area contributed by atoms with Gasteiger partial charge >= 0.3 is 0 Å². The van der Waals surface area contributed by atoms with E-state index in [0.717, 1.165) is 12.5 Å². The van der Waals surface area contributed by atoms with E-state index in [2.05, 4.69) is 17.6 Å². The first-order valence-corrected chi connectivity index (χ1v) is 8.79. The molecule has 1 aliphatic heterocycles. The van der Waals surface area contributed by atoms with Crippen LogP contribution >= 0.6 is 0 Å². The fourth-order valence-electron chi connectivity index (χ4n) is 4.72. The van der Waals surface area contributed by atoms with E-state index < -0.39 is 0 Å². The Kier molecular flexibility index (Phi) is 4.65. The molecule has 0 aromatic rings. The third-order valence-corrected chi connectivity index (χ3v) is 6.01. The molecule has 3 unspecified atom stereocenters. The molecule has 20 heavy (non-hydrogen) atoms. The minimum atomic E-state index is 0.0933. The summed E-state index contributed by atoms with van der Waals surface area (Å²) < 4.78 is 0. The molecular formula is C17H30N2O. The van der Waals surface area contributed by atoms with E-state index in [-0.39, 0.29) is 11.9 Å². The minimum Gasteiger partial charge on any atom is -0.352 e. The van der Waals surface area contributed by atoms with Crippen molar-refractivity contribution in [1.29, 1.82) is 0 Å². The minimum absolute atomic E-state index is 0.0933. The van der Waals surface area contributed by atoms with Crippen LogP contribution in [0, 0.1) is 17.8 Å². The quantitative estimate of drug-likeness (QED) is 0.779. The maximum Gasteiger partial charge on any atom is 0.237 e. The highest BCUT2D eigenvalue weighted by Gasteiger charge is 2.42. The third-order valence-electron chi connectivity index (χ3n) is 6.01. The standard InChI is InChI=1S/C17H30N2O/c1-12(13-7-4-2-3-5-8-13)19-17(20)16-15-10-6-9-14(15)11-18-16/h12-16,18H,2-11H2,1H3,(H,19,20)/t12-,14?,15?,16?/m1/s1. The van der Waals surface area contributed by atoms with Gasteiger partial charge in [0.05, 0.1) is 6.04 Å². The largest absolute Gasteiger partial charge is 0.352 e. The van der Waals surface area contributed by atoms with Crippen LogP contribution in [0.15, 0.2) is 0 Å². The SMILES string of the molecule is C[C@@H](NC(=O)C1NCC2CCCC21)C1CCCCCC1. The zero-order valence-electron chi connectivity index (χ0n) is 12.9. The molecule has 2 N–H and O–H groups in total. The van der Waals surface area contributed by atoms with Crippen molar-refractivity contribution < 1.29 is 4.79 Å². The zero-order chi connectivity index (χ0) is 13.9. The van der Waals surface area contributed by atoms with E-state index in [0.29, 0.717) is 17.9 Å². The molecule has 2 aliphatic carbocycles. The van der Waals surface area contributed by atoms with Gasteiger partial charge in [0.15, 0.2) is 0 Å². The highest BCUT2D eigenvalue weighted by atomic mass is 16.2. The van der Waals surface area contributed by atoms with Crippen molar-refractivity contribution in [2.75, 3.05) is 6.54 Å². The second-order valence-corrected chi connectivity index (χ2v) is 7.29. The van der Waals surface area contributed by atoms with Crippen molar-refractivity contribution in [2.24, 2.45) is 17.8 Å². The second kappa shape index (κ2) is 6.46. The Labute approximate surface area is 123 Å². The summed E-state index contributed by atoms with van der Waals surface area (Å²) in [4.78, 5) is 12.6. The first kappa shape index (κ1) is 14.4. The maximum absolute atomic E-state index is 12.6. The number of amides is 1. The molecule has 114 valence electrons. The molecule has 1 heterocycles. The maximum atomic E-state index is 12.6. The first-order valence-electron chi connectivity index (χ1n) is 8.79. The van der Waals surface area contributed by atoms with E-state index in [4.69, 9.17) is 0 Å². The summed E-state index contributed by atoms with van der Waals surface area (Å²) >= 11 is 0. The van der Waals surface area contributed by atoms with E-state index >= 15 is 0 Å². The summed E-state index contributed by atoms with van der Waals surface area (Å²) in [6.07, 6.45) is 11.9. The summed E-state index contributed by atoms with van der Waals surface area (Å²) in [5.74, 6) is 2.34. The molecule has 0 aromatic heterocycles. The number of rotatable bonds is 3. The smallest absolute Gasteiger partial charge is 0.237 e. The van der Waals surface area contributed by atoms with Gasteiger partial charge in [-0.1, -0.05) is 32.1 Å². The molecular weight excluding hydrogens is 248 g/mol. The number of fused-ring (bicyclic) bond motifs is 1. The predicted molar refractivity (Wildman–Crippen MR) is 81.4 cm³/mol. The van der Waals surface area contributed by atoms with Crippen molar-refractivity contribution in [2.45, 2.75) is 76.8 Å². The molecule has 3 aliphatic rings. The lowest BCUT2D eigenvalue weighted by Gasteiger charge is -2.26. The monoisotopic (exact) mass is 278 g/mol. The van der Waals surface area contributed by atoms with Gasteiger partial charge in [-0.05, 0) is 56.9 Å². The van der Waals surface area contributed by atoms with Crippen molar-refractivity contribution in [1.82, 2.24) is 10.6 Å². The molecule has 2 saturated carbocycles. The van der Waals surface area contributed by atoms with E-state index in [1.807, 2.05) is 0 Å². The van der Waals surface area contributed by atoms with Gasteiger partial charge in [-0.15, -0.1) is 0 Å². The van der Waals surface area contributed by atoms with Gasteiger partial charge in [0.25, 0.3) is 0 Å². The molecule has 4 atom stereocenters. The lowest BCUT2D eigenvalue weighted by Crippen LogP contribution is -2.48. The number of carbonyl (C=O) groups is 1. The van der Waals surface area contributed by atoms with Gasteiger partial charge in [0.2, 0.25) is 5.91 Å². The molecule has 3 fully saturated rings. The third kappa shape index (κ3) is 3.03. The molecule has 3 rings (SSSR count).